The van der Waals surface area contributed by atoms with E-state index in [0.717, 1.165) is 5.56 Å². The first-order valence-corrected chi connectivity index (χ1v) is 6.48. The van der Waals surface area contributed by atoms with E-state index in [9.17, 15) is 9.59 Å². The van der Waals surface area contributed by atoms with Gasteiger partial charge in [-0.15, -0.1) is 0 Å². The zero-order valence-corrected chi connectivity index (χ0v) is 12.2. The first-order valence-electron chi connectivity index (χ1n) is 5.69. The third-order valence-corrected chi connectivity index (χ3v) is 3.29. The van der Waals surface area contributed by atoms with Crippen LogP contribution in [-0.2, 0) is 4.79 Å². The standard InChI is InChI=1S/C13H17BrN2O2/c1-7(2)11(12(15)17)16-13(18)9-5-4-8(3)6-10(9)14/h4-7,11H,1-3H3,(H2,15,17)(H,16,18). The van der Waals surface area contributed by atoms with E-state index in [2.05, 4.69) is 21.2 Å². The topological polar surface area (TPSA) is 72.2 Å². The molecule has 0 bridgehead atoms. The highest BCUT2D eigenvalue weighted by Gasteiger charge is 2.22. The third kappa shape index (κ3) is 3.57. The predicted molar refractivity (Wildman–Crippen MR) is 74.2 cm³/mol. The van der Waals surface area contributed by atoms with Gasteiger partial charge in [0.05, 0.1) is 5.56 Å². The summed E-state index contributed by atoms with van der Waals surface area (Å²) in [7, 11) is 0. The largest absolute Gasteiger partial charge is 0.368 e. The van der Waals surface area contributed by atoms with Crippen LogP contribution < -0.4 is 11.1 Å². The number of primary amides is 1. The van der Waals surface area contributed by atoms with Gasteiger partial charge in [-0.3, -0.25) is 9.59 Å². The molecule has 1 atom stereocenters. The lowest BCUT2D eigenvalue weighted by molar-refractivity contribution is -0.120. The average molecular weight is 313 g/mol. The zero-order valence-electron chi connectivity index (χ0n) is 10.7. The molecule has 0 aliphatic rings. The summed E-state index contributed by atoms with van der Waals surface area (Å²) in [5.41, 5.74) is 6.80. The Hall–Kier alpha value is -1.36. The fraction of sp³-hybridized carbons (Fsp3) is 0.385. The summed E-state index contributed by atoms with van der Waals surface area (Å²) in [6.07, 6.45) is 0. The molecule has 2 amide bonds. The second kappa shape index (κ2) is 6.00. The molecule has 98 valence electrons. The molecule has 0 saturated carbocycles. The van der Waals surface area contributed by atoms with Crippen molar-refractivity contribution in [2.24, 2.45) is 11.7 Å². The van der Waals surface area contributed by atoms with Crippen LogP contribution in [0, 0.1) is 12.8 Å². The second-order valence-electron chi connectivity index (χ2n) is 4.58. The summed E-state index contributed by atoms with van der Waals surface area (Å²) in [5, 5.41) is 2.65. The molecule has 1 unspecified atom stereocenters. The molecular weight excluding hydrogens is 296 g/mol. The minimum absolute atomic E-state index is 0.0457. The van der Waals surface area contributed by atoms with Crippen molar-refractivity contribution < 1.29 is 9.59 Å². The van der Waals surface area contributed by atoms with Crippen LogP contribution in [0.5, 0.6) is 0 Å². The monoisotopic (exact) mass is 312 g/mol. The Labute approximate surface area is 115 Å². The smallest absolute Gasteiger partial charge is 0.253 e. The van der Waals surface area contributed by atoms with Crippen LogP contribution in [0.3, 0.4) is 0 Å². The van der Waals surface area contributed by atoms with Gasteiger partial charge in [-0.1, -0.05) is 19.9 Å². The van der Waals surface area contributed by atoms with Crippen molar-refractivity contribution in [1.29, 1.82) is 0 Å². The first-order chi connectivity index (χ1) is 8.32. The summed E-state index contributed by atoms with van der Waals surface area (Å²) in [6.45, 7) is 5.60. The summed E-state index contributed by atoms with van der Waals surface area (Å²) in [6, 6.07) is 4.75. The molecule has 1 aromatic carbocycles. The predicted octanol–water partition coefficient (Wildman–Crippen LogP) is 2.00. The van der Waals surface area contributed by atoms with Gasteiger partial charge in [-0.2, -0.15) is 0 Å². The van der Waals surface area contributed by atoms with E-state index >= 15 is 0 Å². The Morgan fingerprint density at radius 2 is 1.94 bits per heavy atom. The number of amides is 2. The molecule has 0 radical (unpaired) electrons. The van der Waals surface area contributed by atoms with Gasteiger partial charge < -0.3 is 11.1 Å². The van der Waals surface area contributed by atoms with Crippen LogP contribution in [0.2, 0.25) is 0 Å². The maximum atomic E-state index is 12.0. The Morgan fingerprint density at radius 3 is 2.39 bits per heavy atom. The fourth-order valence-electron chi connectivity index (χ4n) is 1.59. The van der Waals surface area contributed by atoms with Gasteiger partial charge in [0.2, 0.25) is 5.91 Å². The molecule has 5 heteroatoms. The molecule has 0 spiro atoms. The van der Waals surface area contributed by atoms with Crippen molar-refractivity contribution in [2.75, 3.05) is 0 Å². The van der Waals surface area contributed by atoms with Gasteiger partial charge in [-0.05, 0) is 46.5 Å². The number of aryl methyl sites for hydroxylation is 1. The highest BCUT2D eigenvalue weighted by molar-refractivity contribution is 9.10. The highest BCUT2D eigenvalue weighted by atomic mass is 79.9. The number of hydrogen-bond donors (Lipinski definition) is 2. The van der Waals surface area contributed by atoms with Gasteiger partial charge in [-0.25, -0.2) is 0 Å². The molecule has 18 heavy (non-hydrogen) atoms. The van der Waals surface area contributed by atoms with E-state index in [0.29, 0.717) is 10.0 Å². The van der Waals surface area contributed by atoms with Crippen molar-refractivity contribution in [2.45, 2.75) is 26.8 Å². The minimum Gasteiger partial charge on any atom is -0.368 e. The highest BCUT2D eigenvalue weighted by Crippen LogP contribution is 2.18. The van der Waals surface area contributed by atoms with E-state index in [4.69, 9.17) is 5.73 Å². The third-order valence-electron chi connectivity index (χ3n) is 2.63. The van der Waals surface area contributed by atoms with Crippen LogP contribution in [-0.4, -0.2) is 17.9 Å². The van der Waals surface area contributed by atoms with Crippen LogP contribution in [0.1, 0.15) is 29.8 Å². The van der Waals surface area contributed by atoms with Crippen molar-refractivity contribution in [3.63, 3.8) is 0 Å². The van der Waals surface area contributed by atoms with Crippen LogP contribution >= 0.6 is 15.9 Å². The maximum absolute atomic E-state index is 12.0. The molecule has 3 N–H and O–H groups in total. The first kappa shape index (κ1) is 14.7. The molecule has 0 heterocycles. The molecule has 4 nitrogen and oxygen atoms in total. The number of carbonyl (C=O) groups is 2. The van der Waals surface area contributed by atoms with Gasteiger partial charge in [0.25, 0.3) is 5.91 Å². The number of nitrogens with two attached hydrogens (primary N) is 1. The SMILES string of the molecule is Cc1ccc(C(=O)NC(C(N)=O)C(C)C)c(Br)c1. The average Bonchev–Trinajstić information content (AvgIpc) is 2.24. The number of carbonyl (C=O) groups excluding carboxylic acids is 2. The lowest BCUT2D eigenvalue weighted by atomic mass is 10.0. The van der Waals surface area contributed by atoms with Crippen molar-refractivity contribution in [1.82, 2.24) is 5.32 Å². The zero-order chi connectivity index (χ0) is 13.9. The summed E-state index contributed by atoms with van der Waals surface area (Å²) in [4.78, 5) is 23.3. The number of hydrogen-bond acceptors (Lipinski definition) is 2. The van der Waals surface area contributed by atoms with Crippen molar-refractivity contribution >= 4 is 27.7 Å². The fourth-order valence-corrected chi connectivity index (χ4v) is 2.26. The second-order valence-corrected chi connectivity index (χ2v) is 5.44. The van der Waals surface area contributed by atoms with E-state index < -0.39 is 11.9 Å². The van der Waals surface area contributed by atoms with Gasteiger partial charge in [0.15, 0.2) is 0 Å². The normalized spacial score (nSPS) is 12.3. The van der Waals surface area contributed by atoms with E-state index in [1.165, 1.54) is 0 Å². The molecule has 0 aliphatic heterocycles. The molecule has 1 rings (SSSR count). The molecule has 1 aromatic rings. The Balaban J connectivity index is 2.91. The van der Waals surface area contributed by atoms with Crippen molar-refractivity contribution in [3.05, 3.63) is 33.8 Å². The van der Waals surface area contributed by atoms with Crippen LogP contribution in [0.4, 0.5) is 0 Å². The van der Waals surface area contributed by atoms with Gasteiger partial charge in [0, 0.05) is 4.47 Å². The number of nitrogens with one attached hydrogen (secondary N) is 1. The lowest BCUT2D eigenvalue weighted by Gasteiger charge is -2.19. The number of halogens is 1. The van der Waals surface area contributed by atoms with E-state index in [1.807, 2.05) is 32.9 Å². The number of benzene rings is 1. The summed E-state index contributed by atoms with van der Waals surface area (Å²) < 4.78 is 0.701. The summed E-state index contributed by atoms with van der Waals surface area (Å²) >= 11 is 3.33. The molecule has 0 fully saturated rings. The van der Waals surface area contributed by atoms with E-state index in [1.54, 1.807) is 6.07 Å². The maximum Gasteiger partial charge on any atom is 0.253 e. The van der Waals surface area contributed by atoms with Crippen LogP contribution in [0.15, 0.2) is 22.7 Å². The Bertz CT molecular complexity index is 472. The minimum atomic E-state index is -0.661. The van der Waals surface area contributed by atoms with Gasteiger partial charge in [0.1, 0.15) is 6.04 Å². The molecule has 0 saturated heterocycles. The van der Waals surface area contributed by atoms with Gasteiger partial charge >= 0.3 is 0 Å². The molecule has 0 aromatic heterocycles. The van der Waals surface area contributed by atoms with Crippen LogP contribution in [0.25, 0.3) is 0 Å². The molecular formula is C13H17BrN2O2. The van der Waals surface area contributed by atoms with E-state index in [-0.39, 0.29) is 11.8 Å². The Kier molecular flexibility index (Phi) is 4.90. The molecule has 0 aliphatic carbocycles. The lowest BCUT2D eigenvalue weighted by Crippen LogP contribution is -2.47. The summed E-state index contributed by atoms with van der Waals surface area (Å²) in [5.74, 6) is -0.878. The quantitative estimate of drug-likeness (QED) is 0.892. The Morgan fingerprint density at radius 1 is 1.33 bits per heavy atom. The van der Waals surface area contributed by atoms with Crippen molar-refractivity contribution in [3.8, 4) is 0 Å². The number of rotatable bonds is 4.